The van der Waals surface area contributed by atoms with Gasteiger partial charge in [-0.3, -0.25) is 0 Å². The Bertz CT molecular complexity index is 1680. The molecule has 0 spiro atoms. The number of carbonyl (C=O) groups is 2. The van der Waals surface area contributed by atoms with Crippen LogP contribution in [-0.2, 0) is 18.8 Å². The van der Waals surface area contributed by atoms with E-state index in [1.807, 2.05) is 58.3 Å². The van der Waals surface area contributed by atoms with Crippen LogP contribution in [0.25, 0.3) is 0 Å². The molecule has 4 amide bonds. The molecule has 268 valence electrons. The molecule has 2 aliphatic heterocycles. The van der Waals surface area contributed by atoms with Crippen molar-refractivity contribution in [3.05, 3.63) is 119 Å². The Morgan fingerprint density at radius 1 is 0.510 bits per heavy atom. The molecule has 51 heavy (non-hydrogen) atoms. The van der Waals surface area contributed by atoms with E-state index < -0.39 is 23.5 Å². The van der Waals surface area contributed by atoms with Crippen molar-refractivity contribution in [1.82, 2.24) is 9.80 Å². The molecule has 0 atom stereocenters. The summed E-state index contributed by atoms with van der Waals surface area (Å²) in [4.78, 5) is 32.7. The van der Waals surface area contributed by atoms with Crippen molar-refractivity contribution in [3.63, 3.8) is 0 Å². The van der Waals surface area contributed by atoms with E-state index in [1.54, 1.807) is 21.9 Å². The van der Waals surface area contributed by atoms with Gasteiger partial charge in [0.15, 0.2) is 0 Å². The highest BCUT2D eigenvalue weighted by Gasteiger charge is 2.32. The predicted molar refractivity (Wildman–Crippen MR) is 184 cm³/mol. The maximum atomic E-state index is 13.1. The minimum Gasteiger partial charge on any atom is -0.368 e. The molecule has 2 fully saturated rings. The summed E-state index contributed by atoms with van der Waals surface area (Å²) in [6, 6.07) is 24.8. The topological polar surface area (TPSA) is 71.2 Å². The van der Waals surface area contributed by atoms with E-state index >= 15 is 0 Å². The van der Waals surface area contributed by atoms with Crippen LogP contribution in [0, 0.1) is 0 Å². The summed E-state index contributed by atoms with van der Waals surface area (Å²) in [6.45, 7) is 3.15. The number of rotatable bonds is 6. The van der Waals surface area contributed by atoms with Gasteiger partial charge in [-0.05, 0) is 78.2 Å². The van der Waals surface area contributed by atoms with Gasteiger partial charge in [-0.2, -0.15) is 26.3 Å². The Kier molecular flexibility index (Phi) is 10.3. The monoisotopic (exact) mass is 710 g/mol. The van der Waals surface area contributed by atoms with E-state index in [0.29, 0.717) is 81.5 Å². The van der Waals surface area contributed by atoms with Gasteiger partial charge in [0.25, 0.3) is 0 Å². The predicted octanol–water partition coefficient (Wildman–Crippen LogP) is 8.02. The van der Waals surface area contributed by atoms with Crippen LogP contribution in [0.15, 0.2) is 97.1 Å². The highest BCUT2D eigenvalue weighted by Crippen LogP contribution is 2.33. The van der Waals surface area contributed by atoms with Gasteiger partial charge >= 0.3 is 24.4 Å². The molecule has 4 aromatic carbocycles. The fraction of sp³-hybridized carbons (Fsp3) is 0.297. The van der Waals surface area contributed by atoms with Crippen LogP contribution in [0.4, 0.5) is 58.7 Å². The molecule has 6 rings (SSSR count). The van der Waals surface area contributed by atoms with Crippen LogP contribution in [0.5, 0.6) is 0 Å². The first-order valence-electron chi connectivity index (χ1n) is 16.5. The molecule has 14 heteroatoms. The van der Waals surface area contributed by atoms with Crippen LogP contribution in [-0.4, -0.2) is 74.2 Å². The van der Waals surface area contributed by atoms with E-state index in [9.17, 15) is 35.9 Å². The van der Waals surface area contributed by atoms with Crippen molar-refractivity contribution in [2.75, 3.05) is 72.8 Å². The molecule has 0 saturated carbocycles. The fourth-order valence-corrected chi connectivity index (χ4v) is 6.15. The highest BCUT2D eigenvalue weighted by molar-refractivity contribution is 5.90. The summed E-state index contributed by atoms with van der Waals surface area (Å²) in [5.41, 5.74) is 2.83. The van der Waals surface area contributed by atoms with Crippen LogP contribution >= 0.6 is 0 Å². The maximum absolute atomic E-state index is 13.1. The third-order valence-corrected chi connectivity index (χ3v) is 9.03. The Balaban J connectivity index is 0.935. The molecule has 0 unspecified atom stereocenters. The molecular formula is C37H36F6N6O2. The van der Waals surface area contributed by atoms with Gasteiger partial charge in [0.1, 0.15) is 0 Å². The van der Waals surface area contributed by atoms with Crippen molar-refractivity contribution < 1.29 is 35.9 Å². The van der Waals surface area contributed by atoms with Crippen LogP contribution < -0.4 is 20.4 Å². The molecule has 0 bridgehead atoms. The highest BCUT2D eigenvalue weighted by atomic mass is 19.4. The zero-order chi connectivity index (χ0) is 36.2. The SMILES string of the molecule is O=C(Nc1ccc(Cc2ccc(NC(=O)N3CCN(c4cccc(C(F)(F)F)c4)CC3)cc2)cc1)N1CCN(c2cccc(C(F)(F)F)c2)CC1. The van der Waals surface area contributed by atoms with E-state index in [4.69, 9.17) is 0 Å². The number of piperazine rings is 2. The summed E-state index contributed by atoms with van der Waals surface area (Å²) in [7, 11) is 0. The number of amides is 4. The molecule has 2 heterocycles. The van der Waals surface area contributed by atoms with Gasteiger partial charge in [0.05, 0.1) is 11.1 Å². The Labute approximate surface area is 291 Å². The van der Waals surface area contributed by atoms with E-state index in [0.717, 1.165) is 35.4 Å². The number of anilines is 4. The van der Waals surface area contributed by atoms with Gasteiger partial charge in [-0.25, -0.2) is 9.59 Å². The number of halogens is 6. The number of hydrogen-bond donors (Lipinski definition) is 2. The third-order valence-electron chi connectivity index (χ3n) is 9.03. The van der Waals surface area contributed by atoms with Crippen LogP contribution in [0.3, 0.4) is 0 Å². The third kappa shape index (κ3) is 9.04. The molecule has 2 N–H and O–H groups in total. The van der Waals surface area contributed by atoms with Gasteiger partial charge in [0.2, 0.25) is 0 Å². The summed E-state index contributed by atoms with van der Waals surface area (Å²) in [5.74, 6) is 0. The molecule has 2 saturated heterocycles. The molecule has 0 radical (unpaired) electrons. The zero-order valence-corrected chi connectivity index (χ0v) is 27.5. The lowest BCUT2D eigenvalue weighted by Crippen LogP contribution is -2.50. The van der Waals surface area contributed by atoms with E-state index in [2.05, 4.69) is 10.6 Å². The number of alkyl halides is 6. The molecule has 4 aromatic rings. The first-order valence-corrected chi connectivity index (χ1v) is 16.5. The average Bonchev–Trinajstić information content (AvgIpc) is 3.13. The largest absolute Gasteiger partial charge is 0.416 e. The number of nitrogens with one attached hydrogen (secondary N) is 2. The van der Waals surface area contributed by atoms with Crippen LogP contribution in [0.2, 0.25) is 0 Å². The van der Waals surface area contributed by atoms with Gasteiger partial charge in [-0.15, -0.1) is 0 Å². The minimum absolute atomic E-state index is 0.276. The van der Waals surface area contributed by atoms with Crippen molar-refractivity contribution in [2.45, 2.75) is 18.8 Å². The zero-order valence-electron chi connectivity index (χ0n) is 27.5. The second-order valence-electron chi connectivity index (χ2n) is 12.5. The number of urea groups is 2. The summed E-state index contributed by atoms with van der Waals surface area (Å²) in [5, 5.41) is 5.78. The minimum atomic E-state index is -4.41. The first-order chi connectivity index (χ1) is 24.3. The second-order valence-corrected chi connectivity index (χ2v) is 12.5. The van der Waals surface area contributed by atoms with Crippen LogP contribution in [0.1, 0.15) is 22.3 Å². The lowest BCUT2D eigenvalue weighted by Gasteiger charge is -2.36. The number of nitrogens with zero attached hydrogens (tertiary/aromatic N) is 4. The Hall–Kier alpha value is -5.40. The van der Waals surface area contributed by atoms with Crippen molar-refractivity contribution >= 4 is 34.8 Å². The van der Waals surface area contributed by atoms with Crippen molar-refractivity contribution in [2.24, 2.45) is 0 Å². The Morgan fingerprint density at radius 2 is 0.863 bits per heavy atom. The molecule has 2 aliphatic rings. The normalized spacial score (nSPS) is 15.5. The van der Waals surface area contributed by atoms with E-state index in [1.165, 1.54) is 12.1 Å². The van der Waals surface area contributed by atoms with Gasteiger partial charge in [-0.1, -0.05) is 36.4 Å². The maximum Gasteiger partial charge on any atom is 0.416 e. The molecular weight excluding hydrogens is 674 g/mol. The van der Waals surface area contributed by atoms with Gasteiger partial charge in [0, 0.05) is 75.1 Å². The number of benzene rings is 4. The summed E-state index contributed by atoms with van der Waals surface area (Å²) < 4.78 is 78.7. The standard InChI is InChI=1S/C37H36F6N6O2/c38-36(39,40)28-3-1-5-32(24-28)46-15-19-48(20-16-46)34(50)44-30-11-7-26(8-12-30)23-27-9-13-31(14-10-27)45-35(51)49-21-17-47(18-22-49)33-6-2-4-29(25-33)37(41,42)43/h1-14,24-25H,15-23H2,(H,44,50)(H,45,51). The van der Waals surface area contributed by atoms with Gasteiger partial charge < -0.3 is 30.2 Å². The second kappa shape index (κ2) is 14.8. The van der Waals surface area contributed by atoms with Crippen molar-refractivity contribution in [3.8, 4) is 0 Å². The molecule has 0 aromatic heterocycles. The quantitative estimate of drug-likeness (QED) is 0.199. The Morgan fingerprint density at radius 3 is 1.20 bits per heavy atom. The van der Waals surface area contributed by atoms with E-state index in [-0.39, 0.29) is 12.1 Å². The fourth-order valence-electron chi connectivity index (χ4n) is 6.15. The lowest BCUT2D eigenvalue weighted by molar-refractivity contribution is -0.138. The smallest absolute Gasteiger partial charge is 0.368 e. The average molecular weight is 711 g/mol. The van der Waals surface area contributed by atoms with Crippen molar-refractivity contribution in [1.29, 1.82) is 0 Å². The number of hydrogen-bond acceptors (Lipinski definition) is 4. The summed E-state index contributed by atoms with van der Waals surface area (Å²) >= 11 is 0. The lowest BCUT2D eigenvalue weighted by atomic mass is 10.0. The molecule has 8 nitrogen and oxygen atoms in total. The number of carbonyl (C=O) groups excluding carboxylic acids is 2. The summed E-state index contributed by atoms with van der Waals surface area (Å²) in [6.07, 6.45) is -8.21. The first kappa shape index (κ1) is 35.4. The molecule has 0 aliphatic carbocycles.